The van der Waals surface area contributed by atoms with Crippen molar-refractivity contribution >= 4 is 11.6 Å². The molecular weight excluding hydrogens is 350 g/mol. The van der Waals surface area contributed by atoms with Crippen molar-refractivity contribution in [3.63, 3.8) is 0 Å². The van der Waals surface area contributed by atoms with Crippen LogP contribution >= 0.6 is 0 Å². The summed E-state index contributed by atoms with van der Waals surface area (Å²) in [5, 5.41) is 4.31. The van der Waals surface area contributed by atoms with Gasteiger partial charge in [0.25, 0.3) is 0 Å². The molecule has 2 saturated heterocycles. The Balaban J connectivity index is 1.25. The maximum absolute atomic E-state index is 12.4. The molecule has 0 N–H and O–H groups in total. The van der Waals surface area contributed by atoms with Crippen molar-refractivity contribution in [1.82, 2.24) is 9.80 Å². The van der Waals surface area contributed by atoms with Crippen LogP contribution in [0.5, 0.6) is 0 Å². The zero-order valence-corrected chi connectivity index (χ0v) is 17.1. The second-order valence-corrected chi connectivity index (χ2v) is 8.87. The van der Waals surface area contributed by atoms with Gasteiger partial charge < -0.3 is 9.74 Å². The number of likely N-dealkylation sites (tertiary alicyclic amines) is 2. The van der Waals surface area contributed by atoms with Gasteiger partial charge in [-0.25, -0.2) is 0 Å². The van der Waals surface area contributed by atoms with Crippen molar-refractivity contribution in [2.24, 2.45) is 10.6 Å². The SMILES string of the molecule is CC(C)=CCN1CC2(CCN(C[C@H]3CC(c4ccccc4)=NO3)CC2)CC1=O. The van der Waals surface area contributed by atoms with E-state index in [1.54, 1.807) is 0 Å². The molecule has 4 rings (SSSR count). The molecule has 3 aliphatic heterocycles. The molecule has 0 saturated carbocycles. The number of carbonyl (C=O) groups is 1. The Hall–Kier alpha value is -2.14. The highest BCUT2D eigenvalue weighted by atomic mass is 16.6. The third-order valence-corrected chi connectivity index (χ3v) is 6.34. The first-order valence-electron chi connectivity index (χ1n) is 10.4. The first kappa shape index (κ1) is 19.2. The molecule has 1 aromatic rings. The zero-order valence-electron chi connectivity index (χ0n) is 17.1. The molecule has 0 bridgehead atoms. The van der Waals surface area contributed by atoms with Crippen molar-refractivity contribution in [3.05, 3.63) is 47.5 Å². The van der Waals surface area contributed by atoms with Gasteiger partial charge in [0, 0.05) is 32.5 Å². The van der Waals surface area contributed by atoms with E-state index in [-0.39, 0.29) is 11.5 Å². The molecule has 0 aliphatic carbocycles. The molecule has 3 heterocycles. The second kappa shape index (κ2) is 8.08. The topological polar surface area (TPSA) is 45.1 Å². The Labute approximate surface area is 168 Å². The maximum atomic E-state index is 12.4. The summed E-state index contributed by atoms with van der Waals surface area (Å²) in [4.78, 5) is 22.7. The van der Waals surface area contributed by atoms with Gasteiger partial charge in [0.15, 0.2) is 0 Å². The summed E-state index contributed by atoms with van der Waals surface area (Å²) >= 11 is 0. The highest BCUT2D eigenvalue weighted by molar-refractivity contribution is 6.01. The van der Waals surface area contributed by atoms with Crippen LogP contribution in [0.4, 0.5) is 0 Å². The molecule has 3 aliphatic rings. The van der Waals surface area contributed by atoms with Crippen molar-refractivity contribution in [1.29, 1.82) is 0 Å². The largest absolute Gasteiger partial charge is 0.390 e. The fraction of sp³-hybridized carbons (Fsp3) is 0.565. The molecule has 28 heavy (non-hydrogen) atoms. The molecule has 1 spiro atoms. The third kappa shape index (κ3) is 4.30. The summed E-state index contributed by atoms with van der Waals surface area (Å²) in [6.45, 7) is 8.88. The summed E-state index contributed by atoms with van der Waals surface area (Å²) in [6, 6.07) is 10.3. The molecule has 5 heteroatoms. The average molecular weight is 382 g/mol. The predicted molar refractivity (Wildman–Crippen MR) is 111 cm³/mol. The fourth-order valence-electron chi connectivity index (χ4n) is 4.60. The summed E-state index contributed by atoms with van der Waals surface area (Å²) in [7, 11) is 0. The van der Waals surface area contributed by atoms with Gasteiger partial charge in [-0.3, -0.25) is 9.69 Å². The van der Waals surface area contributed by atoms with Crippen LogP contribution in [0.2, 0.25) is 0 Å². The number of hydrogen-bond acceptors (Lipinski definition) is 4. The number of carbonyl (C=O) groups excluding carboxylic acids is 1. The minimum atomic E-state index is 0.142. The van der Waals surface area contributed by atoms with Crippen LogP contribution in [0, 0.1) is 5.41 Å². The predicted octanol–water partition coefficient (Wildman–Crippen LogP) is 3.46. The van der Waals surface area contributed by atoms with Crippen molar-refractivity contribution in [3.8, 4) is 0 Å². The minimum Gasteiger partial charge on any atom is -0.390 e. The first-order chi connectivity index (χ1) is 13.5. The molecule has 0 aromatic heterocycles. The normalized spacial score (nSPS) is 24.4. The number of allylic oxidation sites excluding steroid dienone is 1. The maximum Gasteiger partial charge on any atom is 0.223 e. The van der Waals surface area contributed by atoms with E-state index >= 15 is 0 Å². The van der Waals surface area contributed by atoms with E-state index in [2.05, 4.69) is 42.1 Å². The number of oxime groups is 1. The molecule has 0 radical (unpaired) electrons. The van der Waals surface area contributed by atoms with E-state index in [0.717, 1.165) is 69.7 Å². The van der Waals surface area contributed by atoms with Gasteiger partial charge in [-0.15, -0.1) is 0 Å². The van der Waals surface area contributed by atoms with E-state index < -0.39 is 0 Å². The van der Waals surface area contributed by atoms with Crippen molar-refractivity contribution in [2.75, 3.05) is 32.7 Å². The van der Waals surface area contributed by atoms with Gasteiger partial charge in [0.2, 0.25) is 5.91 Å². The molecule has 1 amide bonds. The lowest BCUT2D eigenvalue weighted by atomic mass is 9.77. The van der Waals surface area contributed by atoms with Crippen LogP contribution in [0.25, 0.3) is 0 Å². The Bertz CT molecular complexity index is 759. The average Bonchev–Trinajstić information content (AvgIpc) is 3.27. The highest BCUT2D eigenvalue weighted by Crippen LogP contribution is 2.41. The summed E-state index contributed by atoms with van der Waals surface area (Å²) in [6.07, 6.45) is 6.10. The summed E-state index contributed by atoms with van der Waals surface area (Å²) < 4.78 is 0. The van der Waals surface area contributed by atoms with Gasteiger partial charge >= 0.3 is 0 Å². The molecule has 5 nitrogen and oxygen atoms in total. The molecular formula is C23H31N3O2. The van der Waals surface area contributed by atoms with Gasteiger partial charge in [-0.1, -0.05) is 47.1 Å². The zero-order chi connectivity index (χ0) is 19.6. The van der Waals surface area contributed by atoms with E-state index in [1.165, 1.54) is 5.57 Å². The second-order valence-electron chi connectivity index (χ2n) is 8.87. The van der Waals surface area contributed by atoms with Gasteiger partial charge in [0.05, 0.1) is 5.71 Å². The molecule has 1 atom stereocenters. The lowest BCUT2D eigenvalue weighted by Gasteiger charge is -2.39. The quantitative estimate of drug-likeness (QED) is 0.734. The highest BCUT2D eigenvalue weighted by Gasteiger charge is 2.44. The van der Waals surface area contributed by atoms with Crippen LogP contribution in [-0.2, 0) is 9.63 Å². The van der Waals surface area contributed by atoms with Crippen LogP contribution in [0.15, 0.2) is 47.1 Å². The first-order valence-corrected chi connectivity index (χ1v) is 10.4. The number of amides is 1. The molecule has 150 valence electrons. The Kier molecular flexibility index (Phi) is 5.54. The molecule has 2 fully saturated rings. The van der Waals surface area contributed by atoms with Crippen LogP contribution in [0.3, 0.4) is 0 Å². The van der Waals surface area contributed by atoms with E-state index in [9.17, 15) is 4.79 Å². The number of hydrogen-bond donors (Lipinski definition) is 0. The molecule has 1 aromatic carbocycles. The number of benzene rings is 1. The van der Waals surface area contributed by atoms with E-state index in [0.29, 0.717) is 5.91 Å². The van der Waals surface area contributed by atoms with E-state index in [1.807, 2.05) is 23.1 Å². The van der Waals surface area contributed by atoms with Crippen LogP contribution in [0.1, 0.15) is 45.1 Å². The fourth-order valence-corrected chi connectivity index (χ4v) is 4.60. The van der Waals surface area contributed by atoms with Gasteiger partial charge in [-0.05, 0) is 50.8 Å². The Morgan fingerprint density at radius 1 is 1.25 bits per heavy atom. The summed E-state index contributed by atoms with van der Waals surface area (Å²) in [5.74, 6) is 0.325. The van der Waals surface area contributed by atoms with Crippen molar-refractivity contribution in [2.45, 2.75) is 45.6 Å². The lowest BCUT2D eigenvalue weighted by Crippen LogP contribution is -2.44. The van der Waals surface area contributed by atoms with Crippen LogP contribution < -0.4 is 0 Å². The number of nitrogens with zero attached hydrogens (tertiary/aromatic N) is 3. The molecule has 0 unspecified atom stereocenters. The number of rotatable bonds is 5. The lowest BCUT2D eigenvalue weighted by molar-refractivity contribution is -0.127. The standard InChI is InChI=1S/C23H31N3O2/c1-18(2)8-11-26-17-23(15-22(26)27)9-12-25(13-10-23)16-20-14-21(24-28-20)19-6-4-3-5-7-19/h3-8,20H,9-17H2,1-2H3/t20-/m1/s1. The number of piperidine rings is 1. The Morgan fingerprint density at radius 2 is 2.00 bits per heavy atom. The third-order valence-electron chi connectivity index (χ3n) is 6.34. The van der Waals surface area contributed by atoms with E-state index in [4.69, 9.17) is 4.84 Å². The summed E-state index contributed by atoms with van der Waals surface area (Å²) in [5.41, 5.74) is 3.67. The smallest absolute Gasteiger partial charge is 0.223 e. The van der Waals surface area contributed by atoms with Gasteiger partial charge in [-0.2, -0.15) is 0 Å². The minimum absolute atomic E-state index is 0.142. The Morgan fingerprint density at radius 3 is 2.71 bits per heavy atom. The van der Waals surface area contributed by atoms with Crippen LogP contribution in [-0.4, -0.2) is 60.2 Å². The van der Waals surface area contributed by atoms with Gasteiger partial charge in [0.1, 0.15) is 6.10 Å². The monoisotopic (exact) mass is 381 g/mol. The van der Waals surface area contributed by atoms with Crippen molar-refractivity contribution < 1.29 is 9.63 Å².